The van der Waals surface area contributed by atoms with Crippen molar-refractivity contribution in [1.82, 2.24) is 14.5 Å². The van der Waals surface area contributed by atoms with Crippen molar-refractivity contribution in [3.8, 4) is 0 Å². The number of rotatable bonds is 7. The number of aryl methyl sites for hydroxylation is 1. The first-order valence-electron chi connectivity index (χ1n) is 9.13. The maximum atomic E-state index is 13.1. The Balaban J connectivity index is 2.21. The van der Waals surface area contributed by atoms with Crippen LogP contribution in [0.1, 0.15) is 36.2 Å². The quantitative estimate of drug-likeness (QED) is 0.677. The predicted molar refractivity (Wildman–Crippen MR) is 98.4 cm³/mol. The first-order chi connectivity index (χ1) is 13.4. The molecule has 1 heterocycles. The first kappa shape index (κ1) is 23.1. The van der Waals surface area contributed by atoms with Gasteiger partial charge in [0.05, 0.1) is 12.9 Å². The van der Waals surface area contributed by atoms with Crippen LogP contribution in [0.4, 0.5) is 19.0 Å². The second-order valence-corrected chi connectivity index (χ2v) is 7.87. The molecule has 1 aliphatic carbocycles. The maximum Gasteiger partial charge on any atom is 0.417 e. The molecule has 8 nitrogen and oxygen atoms in total. The zero-order chi connectivity index (χ0) is 22.0. The molecule has 1 aromatic heterocycles. The van der Waals surface area contributed by atoms with Crippen molar-refractivity contribution in [1.29, 1.82) is 0 Å². The zero-order valence-electron chi connectivity index (χ0n) is 17.0. The van der Waals surface area contributed by atoms with Crippen LogP contribution in [0.15, 0.2) is 6.33 Å². The summed E-state index contributed by atoms with van der Waals surface area (Å²) in [5.41, 5.74) is -3.24. The lowest BCUT2D eigenvalue weighted by Crippen LogP contribution is -2.53. The van der Waals surface area contributed by atoms with Crippen LogP contribution < -0.4 is 4.90 Å². The number of nitrogens with zero attached hydrogens (tertiary/aromatic N) is 4. The van der Waals surface area contributed by atoms with E-state index in [4.69, 9.17) is 4.74 Å². The molecule has 0 aromatic carbocycles. The van der Waals surface area contributed by atoms with Gasteiger partial charge in [0, 0.05) is 40.2 Å². The Bertz CT molecular complexity index is 742. The molecular formula is C18H27F3N4O4. The summed E-state index contributed by atoms with van der Waals surface area (Å²) in [6, 6.07) is 0. The number of carbonyl (C=O) groups excluding carboxylic acids is 2. The minimum Gasteiger partial charge on any atom is -0.384 e. The summed E-state index contributed by atoms with van der Waals surface area (Å²) in [7, 11) is 6.08. The molecule has 1 aliphatic rings. The van der Waals surface area contributed by atoms with E-state index < -0.39 is 35.9 Å². The number of hydrogen-bond acceptors (Lipinski definition) is 5. The summed E-state index contributed by atoms with van der Waals surface area (Å²) >= 11 is 0. The lowest BCUT2D eigenvalue weighted by atomic mass is 9.68. The molecular weight excluding hydrogens is 393 g/mol. The van der Waals surface area contributed by atoms with Crippen molar-refractivity contribution in [2.24, 2.45) is 12.5 Å². The number of halogens is 3. The number of hydrogen-bond donors (Lipinski definition) is 1. The van der Waals surface area contributed by atoms with E-state index in [1.165, 1.54) is 34.9 Å². The SMILES string of the molecule is COCC1(CN(C)C(=O)c2c(N(C)C=O)ncn2C)CCC(O)(C(F)(F)F)CC1. The number of methoxy groups -OCH3 is 1. The highest BCUT2D eigenvalue weighted by atomic mass is 19.4. The molecule has 1 aromatic rings. The van der Waals surface area contributed by atoms with Crippen LogP contribution in [0.2, 0.25) is 0 Å². The van der Waals surface area contributed by atoms with Crippen LogP contribution in [0.25, 0.3) is 0 Å². The molecule has 29 heavy (non-hydrogen) atoms. The molecule has 1 fully saturated rings. The molecule has 0 spiro atoms. The lowest BCUT2D eigenvalue weighted by molar-refractivity contribution is -0.277. The Morgan fingerprint density at radius 3 is 2.41 bits per heavy atom. The average molecular weight is 420 g/mol. The molecule has 0 radical (unpaired) electrons. The second kappa shape index (κ2) is 8.31. The van der Waals surface area contributed by atoms with E-state index >= 15 is 0 Å². The maximum absolute atomic E-state index is 13.1. The summed E-state index contributed by atoms with van der Waals surface area (Å²) in [5.74, 6) is -0.226. The topological polar surface area (TPSA) is 87.9 Å². The smallest absolute Gasteiger partial charge is 0.384 e. The molecule has 1 saturated carbocycles. The van der Waals surface area contributed by atoms with Crippen LogP contribution in [0.3, 0.4) is 0 Å². The summed E-state index contributed by atoms with van der Waals surface area (Å²) in [4.78, 5) is 30.7. The normalized spacial score (nSPS) is 25.0. The zero-order valence-corrected chi connectivity index (χ0v) is 17.0. The molecule has 0 atom stereocenters. The van der Waals surface area contributed by atoms with Gasteiger partial charge in [0.15, 0.2) is 17.1 Å². The molecule has 0 aliphatic heterocycles. The summed E-state index contributed by atoms with van der Waals surface area (Å²) in [6.07, 6.45) is -3.55. The van der Waals surface area contributed by atoms with E-state index in [0.717, 1.165) is 0 Å². The number of imidazole rings is 1. The van der Waals surface area contributed by atoms with E-state index in [1.54, 1.807) is 14.1 Å². The highest BCUT2D eigenvalue weighted by Gasteiger charge is 2.57. The standard InChI is InChI=1S/C18H27F3N4O4/c1-23(15(27)13-14(25(3)12-26)22-11-24(13)2)9-16(10-29-4)5-7-17(28,8-6-16)18(19,20)21/h11-12,28H,5-10H2,1-4H3. The minimum absolute atomic E-state index is 0.0565. The predicted octanol–water partition coefficient (Wildman–Crippen LogP) is 1.58. The van der Waals surface area contributed by atoms with Crippen molar-refractivity contribution in [2.45, 2.75) is 37.5 Å². The number of carbonyl (C=O) groups is 2. The summed E-state index contributed by atoms with van der Waals surface area (Å²) in [5, 5.41) is 9.97. The van der Waals surface area contributed by atoms with Gasteiger partial charge in [-0.15, -0.1) is 0 Å². The molecule has 0 saturated heterocycles. The van der Waals surface area contributed by atoms with Gasteiger partial charge >= 0.3 is 6.18 Å². The molecule has 0 bridgehead atoms. The van der Waals surface area contributed by atoms with Gasteiger partial charge in [0.2, 0.25) is 6.41 Å². The van der Waals surface area contributed by atoms with Gasteiger partial charge < -0.3 is 24.2 Å². The average Bonchev–Trinajstić information content (AvgIpc) is 3.03. The fourth-order valence-corrected chi connectivity index (χ4v) is 3.86. The van der Waals surface area contributed by atoms with E-state index in [2.05, 4.69) is 4.98 Å². The Hall–Kier alpha value is -2.14. The largest absolute Gasteiger partial charge is 0.417 e. The van der Waals surface area contributed by atoms with Crippen molar-refractivity contribution < 1.29 is 32.6 Å². The first-order valence-corrected chi connectivity index (χ1v) is 9.13. The summed E-state index contributed by atoms with van der Waals surface area (Å²) < 4.78 is 46.2. The third kappa shape index (κ3) is 4.55. The molecule has 2 rings (SSSR count). The number of aliphatic hydroxyl groups is 1. The van der Waals surface area contributed by atoms with Crippen LogP contribution in [0, 0.1) is 5.41 Å². The Morgan fingerprint density at radius 2 is 1.93 bits per heavy atom. The molecule has 11 heteroatoms. The third-order valence-electron chi connectivity index (χ3n) is 5.65. The number of anilines is 1. The minimum atomic E-state index is -4.70. The number of amides is 2. The van der Waals surface area contributed by atoms with E-state index in [9.17, 15) is 27.9 Å². The number of ether oxygens (including phenoxy) is 1. The van der Waals surface area contributed by atoms with Crippen molar-refractivity contribution in [3.63, 3.8) is 0 Å². The summed E-state index contributed by atoms with van der Waals surface area (Å²) in [6.45, 7) is 0.300. The van der Waals surface area contributed by atoms with Gasteiger partial charge in [-0.2, -0.15) is 13.2 Å². The van der Waals surface area contributed by atoms with Crippen LogP contribution >= 0.6 is 0 Å². The van der Waals surface area contributed by atoms with Crippen molar-refractivity contribution in [2.75, 3.05) is 39.3 Å². The van der Waals surface area contributed by atoms with E-state index in [1.807, 2.05) is 0 Å². The van der Waals surface area contributed by atoms with Crippen molar-refractivity contribution in [3.05, 3.63) is 12.0 Å². The van der Waals surface area contributed by atoms with Crippen LogP contribution in [0.5, 0.6) is 0 Å². The van der Waals surface area contributed by atoms with Gasteiger partial charge in [-0.3, -0.25) is 9.59 Å². The number of alkyl halides is 3. The van der Waals surface area contributed by atoms with Crippen LogP contribution in [-0.4, -0.2) is 78.0 Å². The molecule has 164 valence electrons. The molecule has 2 amide bonds. The van der Waals surface area contributed by atoms with Crippen molar-refractivity contribution >= 4 is 18.1 Å². The highest BCUT2D eigenvalue weighted by Crippen LogP contribution is 2.48. The fourth-order valence-electron chi connectivity index (χ4n) is 3.86. The molecule has 0 unspecified atom stereocenters. The van der Waals surface area contributed by atoms with Gasteiger partial charge in [0.25, 0.3) is 5.91 Å². The molecule has 1 N–H and O–H groups in total. The second-order valence-electron chi connectivity index (χ2n) is 7.87. The van der Waals surface area contributed by atoms with Gasteiger partial charge in [0.1, 0.15) is 0 Å². The Kier molecular flexibility index (Phi) is 6.63. The van der Waals surface area contributed by atoms with Crippen LogP contribution in [-0.2, 0) is 16.6 Å². The monoisotopic (exact) mass is 420 g/mol. The lowest BCUT2D eigenvalue weighted by Gasteiger charge is -2.45. The fraction of sp³-hybridized carbons (Fsp3) is 0.722. The van der Waals surface area contributed by atoms with E-state index in [-0.39, 0.29) is 37.5 Å². The van der Waals surface area contributed by atoms with E-state index in [0.29, 0.717) is 6.41 Å². The van der Waals surface area contributed by atoms with Gasteiger partial charge in [-0.05, 0) is 25.7 Å². The Labute approximate surface area is 167 Å². The van der Waals surface area contributed by atoms with Gasteiger partial charge in [-0.1, -0.05) is 0 Å². The van der Waals surface area contributed by atoms with Gasteiger partial charge in [-0.25, -0.2) is 4.98 Å². The highest BCUT2D eigenvalue weighted by molar-refractivity contribution is 5.99. The third-order valence-corrected chi connectivity index (χ3v) is 5.65. The number of aromatic nitrogens is 2. The Morgan fingerprint density at radius 1 is 1.34 bits per heavy atom.